The zero-order valence-electron chi connectivity index (χ0n) is 11.2. The van der Waals surface area contributed by atoms with E-state index in [1.54, 1.807) is 12.1 Å². The molecular formula is C13H16ClNO4S. The molecule has 1 fully saturated rings. The third-order valence-corrected chi connectivity index (χ3v) is 4.72. The number of amides is 1. The minimum atomic E-state index is -3.92. The highest BCUT2D eigenvalue weighted by atomic mass is 35.7. The maximum absolute atomic E-state index is 12.0. The first kappa shape index (κ1) is 15.3. The Morgan fingerprint density at radius 1 is 1.50 bits per heavy atom. The van der Waals surface area contributed by atoms with Crippen LogP contribution in [0.5, 0.6) is 0 Å². The molecule has 2 atom stereocenters. The van der Waals surface area contributed by atoms with Crippen LogP contribution in [0.1, 0.15) is 29.3 Å². The van der Waals surface area contributed by atoms with Gasteiger partial charge < -0.3 is 10.1 Å². The third kappa shape index (κ3) is 3.50. The Bertz CT molecular complexity index is 629. The summed E-state index contributed by atoms with van der Waals surface area (Å²) < 4.78 is 28.1. The lowest BCUT2D eigenvalue weighted by Gasteiger charge is -2.09. The molecule has 0 saturated heterocycles. The first-order valence-corrected chi connectivity index (χ1v) is 8.51. The molecule has 2 rings (SSSR count). The van der Waals surface area contributed by atoms with Gasteiger partial charge in [-0.05, 0) is 30.0 Å². The van der Waals surface area contributed by atoms with Gasteiger partial charge in [0.2, 0.25) is 0 Å². The highest BCUT2D eigenvalue weighted by Crippen LogP contribution is 2.29. The summed E-state index contributed by atoms with van der Waals surface area (Å²) in [7, 11) is 2.94. The molecule has 0 spiro atoms. The number of rotatable bonds is 5. The lowest BCUT2D eigenvalue weighted by Crippen LogP contribution is -2.26. The highest BCUT2D eigenvalue weighted by Gasteiger charge is 2.34. The summed E-state index contributed by atoms with van der Waals surface area (Å²) in [5.74, 6) is 0.188. The molecule has 1 aromatic rings. The lowest BCUT2D eigenvalue weighted by atomic mass is 10.1. The molecular weight excluding hydrogens is 302 g/mol. The lowest BCUT2D eigenvalue weighted by molar-refractivity contribution is 0.0949. The van der Waals surface area contributed by atoms with Gasteiger partial charge in [0.1, 0.15) is 0 Å². The van der Waals surface area contributed by atoms with Gasteiger partial charge in [-0.1, -0.05) is 13.0 Å². The molecule has 0 bridgehead atoms. The van der Waals surface area contributed by atoms with E-state index in [1.165, 1.54) is 13.2 Å². The summed E-state index contributed by atoms with van der Waals surface area (Å²) >= 11 is 0. The fraction of sp³-hybridized carbons (Fsp3) is 0.462. The van der Waals surface area contributed by atoms with Crippen molar-refractivity contribution in [1.29, 1.82) is 0 Å². The Balaban J connectivity index is 2.29. The zero-order chi connectivity index (χ0) is 14.9. The first-order valence-electron chi connectivity index (χ1n) is 6.20. The molecule has 0 aliphatic heterocycles. The standard InChI is InChI=1S/C13H16ClNO4S/c1-8-5-11(8)15-13(16)9-3-4-10(7-19-2)12(6-9)20(14,17)18/h3-4,6,8,11H,5,7H2,1-2H3,(H,15,16). The second-order valence-corrected chi connectivity index (χ2v) is 7.52. The van der Waals surface area contributed by atoms with Crippen LogP contribution in [-0.4, -0.2) is 27.5 Å². The van der Waals surface area contributed by atoms with Crippen molar-refractivity contribution in [3.05, 3.63) is 29.3 Å². The van der Waals surface area contributed by atoms with Crippen molar-refractivity contribution >= 4 is 25.6 Å². The molecule has 1 aromatic carbocycles. The van der Waals surface area contributed by atoms with E-state index >= 15 is 0 Å². The Morgan fingerprint density at radius 2 is 2.15 bits per heavy atom. The van der Waals surface area contributed by atoms with Crippen molar-refractivity contribution in [2.75, 3.05) is 7.11 Å². The van der Waals surface area contributed by atoms with Crippen molar-refractivity contribution in [2.24, 2.45) is 5.92 Å². The van der Waals surface area contributed by atoms with E-state index < -0.39 is 9.05 Å². The Morgan fingerprint density at radius 3 is 2.65 bits per heavy atom. The molecule has 5 nitrogen and oxygen atoms in total. The Labute approximate surface area is 122 Å². The van der Waals surface area contributed by atoms with Crippen LogP contribution in [0.25, 0.3) is 0 Å². The molecule has 0 radical (unpaired) electrons. The Hall–Kier alpha value is -1.11. The van der Waals surface area contributed by atoms with Gasteiger partial charge in [-0.15, -0.1) is 0 Å². The highest BCUT2D eigenvalue weighted by molar-refractivity contribution is 8.13. The van der Waals surface area contributed by atoms with Gasteiger partial charge in [0.15, 0.2) is 0 Å². The molecule has 1 amide bonds. The molecule has 0 heterocycles. The topological polar surface area (TPSA) is 72.5 Å². The number of carbonyl (C=O) groups is 1. The van der Waals surface area contributed by atoms with Crippen LogP contribution in [0.4, 0.5) is 0 Å². The second kappa shape index (κ2) is 5.71. The van der Waals surface area contributed by atoms with Crippen molar-refractivity contribution in [3.8, 4) is 0 Å². The van der Waals surface area contributed by atoms with Crippen molar-refractivity contribution in [2.45, 2.75) is 30.9 Å². The van der Waals surface area contributed by atoms with E-state index in [-0.39, 0.29) is 29.0 Å². The van der Waals surface area contributed by atoms with E-state index in [9.17, 15) is 13.2 Å². The van der Waals surface area contributed by atoms with Gasteiger partial charge in [0.25, 0.3) is 15.0 Å². The molecule has 7 heteroatoms. The van der Waals surface area contributed by atoms with E-state index in [0.29, 0.717) is 11.5 Å². The third-order valence-electron chi connectivity index (χ3n) is 3.32. The maximum atomic E-state index is 12.0. The minimum absolute atomic E-state index is 0.0856. The smallest absolute Gasteiger partial charge is 0.261 e. The van der Waals surface area contributed by atoms with Crippen LogP contribution in [0.15, 0.2) is 23.1 Å². The summed E-state index contributed by atoms with van der Waals surface area (Å²) in [6.45, 7) is 2.16. The van der Waals surface area contributed by atoms with Crippen LogP contribution in [0.2, 0.25) is 0 Å². The minimum Gasteiger partial charge on any atom is -0.380 e. The Kier molecular flexibility index (Phi) is 4.36. The molecule has 0 aromatic heterocycles. The first-order chi connectivity index (χ1) is 9.32. The van der Waals surface area contributed by atoms with E-state index in [2.05, 4.69) is 5.32 Å². The maximum Gasteiger partial charge on any atom is 0.261 e. The van der Waals surface area contributed by atoms with Crippen LogP contribution in [0.3, 0.4) is 0 Å². The zero-order valence-corrected chi connectivity index (χ0v) is 12.8. The molecule has 1 saturated carbocycles. The van der Waals surface area contributed by atoms with Gasteiger partial charge in [0.05, 0.1) is 11.5 Å². The summed E-state index contributed by atoms with van der Waals surface area (Å²) in [6.07, 6.45) is 0.953. The normalized spacial score (nSPS) is 21.6. The van der Waals surface area contributed by atoms with Crippen LogP contribution in [0, 0.1) is 5.92 Å². The predicted molar refractivity (Wildman–Crippen MR) is 75.2 cm³/mol. The SMILES string of the molecule is COCc1ccc(C(=O)NC2CC2C)cc1S(=O)(=O)Cl. The number of benzene rings is 1. The average molecular weight is 318 g/mol. The number of hydrogen-bond donors (Lipinski definition) is 1. The van der Waals surface area contributed by atoms with E-state index in [0.717, 1.165) is 6.42 Å². The number of methoxy groups -OCH3 is 1. The largest absolute Gasteiger partial charge is 0.380 e. The monoisotopic (exact) mass is 317 g/mol. The molecule has 1 N–H and O–H groups in total. The fourth-order valence-corrected chi connectivity index (χ4v) is 3.11. The number of halogens is 1. The fourth-order valence-electron chi connectivity index (χ4n) is 1.97. The van der Waals surface area contributed by atoms with Crippen LogP contribution < -0.4 is 5.32 Å². The summed E-state index contributed by atoms with van der Waals surface area (Å²) in [4.78, 5) is 11.9. The molecule has 110 valence electrons. The molecule has 1 aliphatic carbocycles. The summed E-state index contributed by atoms with van der Waals surface area (Å²) in [5, 5.41) is 2.84. The van der Waals surface area contributed by atoms with Gasteiger partial charge in [0, 0.05) is 29.4 Å². The van der Waals surface area contributed by atoms with Gasteiger partial charge in [-0.2, -0.15) is 0 Å². The van der Waals surface area contributed by atoms with Gasteiger partial charge in [-0.3, -0.25) is 4.79 Å². The molecule has 20 heavy (non-hydrogen) atoms. The van der Waals surface area contributed by atoms with Crippen molar-refractivity contribution < 1.29 is 17.9 Å². The van der Waals surface area contributed by atoms with Crippen LogP contribution in [-0.2, 0) is 20.4 Å². The summed E-state index contributed by atoms with van der Waals surface area (Å²) in [5.41, 5.74) is 0.710. The predicted octanol–water partition coefficient (Wildman–Crippen LogP) is 1.90. The van der Waals surface area contributed by atoms with Crippen LogP contribution >= 0.6 is 10.7 Å². The van der Waals surface area contributed by atoms with Gasteiger partial charge in [-0.25, -0.2) is 8.42 Å². The second-order valence-electron chi connectivity index (χ2n) is 4.99. The number of carbonyl (C=O) groups excluding carboxylic acids is 1. The number of hydrogen-bond acceptors (Lipinski definition) is 4. The number of ether oxygens (including phenoxy) is 1. The molecule has 2 unspecified atom stereocenters. The van der Waals surface area contributed by atoms with E-state index in [1.807, 2.05) is 6.92 Å². The number of nitrogens with one attached hydrogen (secondary N) is 1. The summed E-state index contributed by atoms with van der Waals surface area (Å²) in [6, 6.07) is 4.59. The van der Waals surface area contributed by atoms with Crippen molar-refractivity contribution in [3.63, 3.8) is 0 Å². The molecule has 1 aliphatic rings. The average Bonchev–Trinajstić information content (AvgIpc) is 3.04. The van der Waals surface area contributed by atoms with Gasteiger partial charge >= 0.3 is 0 Å². The quantitative estimate of drug-likeness (QED) is 0.842. The van der Waals surface area contributed by atoms with Crippen molar-refractivity contribution in [1.82, 2.24) is 5.32 Å². The van der Waals surface area contributed by atoms with E-state index in [4.69, 9.17) is 15.4 Å².